The Balaban J connectivity index is 3.20. The highest BCUT2D eigenvalue weighted by Gasteiger charge is 1.99. The van der Waals surface area contributed by atoms with Crippen LogP contribution in [0.5, 0.6) is 0 Å². The number of nitrogens with one attached hydrogen (secondary N) is 1. The summed E-state index contributed by atoms with van der Waals surface area (Å²) >= 11 is 0. The molecule has 0 aromatic rings. The van der Waals surface area contributed by atoms with E-state index in [9.17, 15) is 4.79 Å². The number of ether oxygens (including phenoxy) is 1. The first kappa shape index (κ1) is 11.1. The van der Waals surface area contributed by atoms with E-state index in [0.717, 1.165) is 0 Å². The molecule has 0 radical (unpaired) electrons. The third kappa shape index (κ3) is 5.88. The minimum atomic E-state index is -0.300. The molecule has 0 fully saturated rings. The summed E-state index contributed by atoms with van der Waals surface area (Å²) in [6.07, 6.45) is 0. The Kier molecular flexibility index (Phi) is 6.32. The molecule has 4 nitrogen and oxygen atoms in total. The predicted molar refractivity (Wildman–Crippen MR) is 45.4 cm³/mol. The number of carbonyl (C=O) groups is 1. The zero-order valence-electron chi connectivity index (χ0n) is 7.55. The van der Waals surface area contributed by atoms with E-state index in [1.807, 2.05) is 6.92 Å². The highest BCUT2D eigenvalue weighted by atomic mass is 16.7. The van der Waals surface area contributed by atoms with Crippen LogP contribution in [0.25, 0.3) is 0 Å². The van der Waals surface area contributed by atoms with Crippen LogP contribution in [0, 0.1) is 0 Å². The molecule has 0 aromatic carbocycles. The summed E-state index contributed by atoms with van der Waals surface area (Å²) in [4.78, 5) is 15.6. The van der Waals surface area contributed by atoms with Gasteiger partial charge in [-0.1, -0.05) is 6.58 Å². The first-order valence-corrected chi connectivity index (χ1v) is 3.83. The van der Waals surface area contributed by atoms with Crippen LogP contribution in [-0.2, 0) is 14.4 Å². The molecule has 1 N–H and O–H groups in total. The lowest BCUT2D eigenvalue weighted by atomic mass is 10.3. The lowest BCUT2D eigenvalue weighted by Gasteiger charge is -2.04. The van der Waals surface area contributed by atoms with Crippen molar-refractivity contribution in [1.82, 2.24) is 5.48 Å². The summed E-state index contributed by atoms with van der Waals surface area (Å²) in [6.45, 7) is 8.44. The lowest BCUT2D eigenvalue weighted by Crippen LogP contribution is -2.25. The van der Waals surface area contributed by atoms with E-state index in [-0.39, 0.29) is 5.91 Å². The highest BCUT2D eigenvalue weighted by Crippen LogP contribution is 1.85. The van der Waals surface area contributed by atoms with Crippen LogP contribution in [0.2, 0.25) is 0 Å². The Labute approximate surface area is 72.5 Å². The van der Waals surface area contributed by atoms with Crippen LogP contribution < -0.4 is 5.48 Å². The van der Waals surface area contributed by atoms with Crippen LogP contribution in [0.1, 0.15) is 13.8 Å². The summed E-state index contributed by atoms with van der Waals surface area (Å²) in [5, 5.41) is 0. The fraction of sp³-hybridized carbons (Fsp3) is 0.625. The fourth-order valence-electron chi connectivity index (χ4n) is 0.449. The van der Waals surface area contributed by atoms with Crippen LogP contribution in [0.3, 0.4) is 0 Å². The van der Waals surface area contributed by atoms with Crippen LogP contribution in [0.4, 0.5) is 0 Å². The van der Waals surface area contributed by atoms with Gasteiger partial charge < -0.3 is 4.74 Å². The van der Waals surface area contributed by atoms with Gasteiger partial charge in [-0.15, -0.1) is 0 Å². The van der Waals surface area contributed by atoms with E-state index in [2.05, 4.69) is 12.1 Å². The highest BCUT2D eigenvalue weighted by molar-refractivity contribution is 5.91. The summed E-state index contributed by atoms with van der Waals surface area (Å²) < 4.78 is 4.98. The quantitative estimate of drug-likeness (QED) is 0.364. The van der Waals surface area contributed by atoms with Crippen molar-refractivity contribution in [3.63, 3.8) is 0 Å². The van der Waals surface area contributed by atoms with E-state index < -0.39 is 0 Å². The van der Waals surface area contributed by atoms with Crippen molar-refractivity contribution >= 4 is 5.91 Å². The molecule has 0 unspecified atom stereocenters. The zero-order chi connectivity index (χ0) is 9.40. The van der Waals surface area contributed by atoms with Gasteiger partial charge in [-0.3, -0.25) is 9.63 Å². The zero-order valence-corrected chi connectivity index (χ0v) is 7.55. The molecule has 1 amide bonds. The Bertz CT molecular complexity index is 156. The first-order chi connectivity index (χ1) is 5.68. The predicted octanol–water partition coefficient (Wildman–Crippen LogP) is 0.647. The second-order valence-corrected chi connectivity index (χ2v) is 2.26. The number of amides is 1. The molecular weight excluding hydrogens is 158 g/mol. The van der Waals surface area contributed by atoms with Gasteiger partial charge in [-0.05, 0) is 13.8 Å². The third-order valence-corrected chi connectivity index (χ3v) is 1.09. The van der Waals surface area contributed by atoms with E-state index in [0.29, 0.717) is 25.4 Å². The molecule has 0 spiro atoms. The number of rotatable bonds is 6. The second kappa shape index (κ2) is 6.82. The maximum Gasteiger partial charge on any atom is 0.269 e. The molecule has 70 valence electrons. The lowest BCUT2D eigenvalue weighted by molar-refractivity contribution is -0.130. The Morgan fingerprint density at radius 3 is 2.67 bits per heavy atom. The smallest absolute Gasteiger partial charge is 0.269 e. The molecule has 0 aromatic heterocycles. The van der Waals surface area contributed by atoms with Crippen molar-refractivity contribution in [3.8, 4) is 0 Å². The largest absolute Gasteiger partial charge is 0.379 e. The van der Waals surface area contributed by atoms with Gasteiger partial charge in [0.1, 0.15) is 0 Å². The summed E-state index contributed by atoms with van der Waals surface area (Å²) in [7, 11) is 0. The second-order valence-electron chi connectivity index (χ2n) is 2.26. The van der Waals surface area contributed by atoms with Crippen LogP contribution >= 0.6 is 0 Å². The molecule has 0 saturated carbocycles. The molecule has 0 aliphatic rings. The van der Waals surface area contributed by atoms with E-state index >= 15 is 0 Å². The Hall–Kier alpha value is -0.870. The number of carbonyl (C=O) groups excluding carboxylic acids is 1. The van der Waals surface area contributed by atoms with Gasteiger partial charge >= 0.3 is 0 Å². The standard InChI is InChI=1S/C8H15NO3/c1-4-11-5-6-12-9-8(10)7(2)3/h2,4-6H2,1,3H3,(H,9,10). The number of hydrogen-bond donors (Lipinski definition) is 1. The van der Waals surface area contributed by atoms with Crippen molar-refractivity contribution in [1.29, 1.82) is 0 Å². The molecule has 4 heteroatoms. The van der Waals surface area contributed by atoms with Gasteiger partial charge in [-0.25, -0.2) is 5.48 Å². The van der Waals surface area contributed by atoms with E-state index in [1.54, 1.807) is 6.92 Å². The van der Waals surface area contributed by atoms with Gasteiger partial charge in [0, 0.05) is 12.2 Å². The molecule has 0 rings (SSSR count). The first-order valence-electron chi connectivity index (χ1n) is 3.83. The summed E-state index contributed by atoms with van der Waals surface area (Å²) in [5.41, 5.74) is 2.65. The van der Waals surface area contributed by atoms with Crippen molar-refractivity contribution in [3.05, 3.63) is 12.2 Å². The normalized spacial score (nSPS) is 9.50. The van der Waals surface area contributed by atoms with Crippen molar-refractivity contribution in [2.45, 2.75) is 13.8 Å². The maximum absolute atomic E-state index is 10.8. The summed E-state index contributed by atoms with van der Waals surface area (Å²) in [6, 6.07) is 0. The van der Waals surface area contributed by atoms with Gasteiger partial charge in [0.15, 0.2) is 0 Å². The monoisotopic (exact) mass is 173 g/mol. The van der Waals surface area contributed by atoms with Gasteiger partial charge in [-0.2, -0.15) is 0 Å². The average Bonchev–Trinajstić information content (AvgIpc) is 2.03. The SMILES string of the molecule is C=C(C)C(=O)NOCCOCC. The minimum Gasteiger partial charge on any atom is -0.379 e. The molecule has 0 bridgehead atoms. The van der Waals surface area contributed by atoms with Crippen molar-refractivity contribution in [2.24, 2.45) is 0 Å². The van der Waals surface area contributed by atoms with Crippen LogP contribution in [-0.4, -0.2) is 25.7 Å². The molecule has 0 saturated heterocycles. The number of hydrogen-bond acceptors (Lipinski definition) is 3. The molecule has 0 atom stereocenters. The molecule has 0 aliphatic heterocycles. The van der Waals surface area contributed by atoms with Gasteiger partial charge in [0.05, 0.1) is 13.2 Å². The van der Waals surface area contributed by atoms with E-state index in [1.165, 1.54) is 0 Å². The van der Waals surface area contributed by atoms with E-state index in [4.69, 9.17) is 9.57 Å². The van der Waals surface area contributed by atoms with Crippen molar-refractivity contribution in [2.75, 3.05) is 19.8 Å². The molecular formula is C8H15NO3. The van der Waals surface area contributed by atoms with Crippen LogP contribution in [0.15, 0.2) is 12.2 Å². The van der Waals surface area contributed by atoms with Gasteiger partial charge in [0.25, 0.3) is 5.91 Å². The average molecular weight is 173 g/mol. The molecule has 0 heterocycles. The third-order valence-electron chi connectivity index (χ3n) is 1.09. The number of hydroxylamine groups is 1. The Morgan fingerprint density at radius 2 is 2.17 bits per heavy atom. The Morgan fingerprint density at radius 1 is 1.50 bits per heavy atom. The topological polar surface area (TPSA) is 47.6 Å². The summed E-state index contributed by atoms with van der Waals surface area (Å²) in [5.74, 6) is -0.300. The maximum atomic E-state index is 10.8. The van der Waals surface area contributed by atoms with Gasteiger partial charge in [0.2, 0.25) is 0 Å². The molecule has 0 aliphatic carbocycles. The minimum absolute atomic E-state index is 0.300. The van der Waals surface area contributed by atoms with Crippen molar-refractivity contribution < 1.29 is 14.4 Å². The molecule has 12 heavy (non-hydrogen) atoms. The fourth-order valence-corrected chi connectivity index (χ4v) is 0.449.